The average molecular weight is 627 g/mol. The molecular formula is C34H42O11. The van der Waals surface area contributed by atoms with Crippen molar-refractivity contribution in [3.63, 3.8) is 0 Å². The fourth-order valence-corrected chi connectivity index (χ4v) is 10.1. The van der Waals surface area contributed by atoms with Gasteiger partial charge in [-0.05, 0) is 32.8 Å². The summed E-state index contributed by atoms with van der Waals surface area (Å²) in [6, 6.07) is 1.79. The number of carbonyl (C=O) groups excluding carboxylic acids is 5. The Kier molecular flexibility index (Phi) is 7.19. The van der Waals surface area contributed by atoms with E-state index in [0.717, 1.165) is 5.56 Å². The number of epoxide rings is 1. The van der Waals surface area contributed by atoms with E-state index in [2.05, 4.69) is 6.92 Å². The Morgan fingerprint density at radius 2 is 1.80 bits per heavy atom. The second-order valence-electron chi connectivity index (χ2n) is 14.5. The molecule has 0 radical (unpaired) electrons. The molecule has 0 amide bonds. The van der Waals surface area contributed by atoms with Crippen LogP contribution in [0.2, 0.25) is 0 Å². The molecule has 11 heteroatoms. The molecule has 11 atom stereocenters. The van der Waals surface area contributed by atoms with Gasteiger partial charge in [0.2, 0.25) is 6.10 Å². The SMILES string of the molecule is CC=C(C)C(=O)OC1C2C(=O)C(C)(C(C(OC(C)=O)C(=O)OC)C1(C)C)C1CCC3(C)C(c4ccoc4)OC(=O)CC3C13OC23. The number of rotatable bonds is 6. The Balaban J connectivity index is 1.54. The maximum Gasteiger partial charge on any atom is 0.347 e. The minimum atomic E-state index is -1.46. The molecule has 1 aromatic rings. The first-order valence-corrected chi connectivity index (χ1v) is 15.6. The highest BCUT2D eigenvalue weighted by atomic mass is 16.6. The monoisotopic (exact) mass is 626 g/mol. The molecule has 45 heavy (non-hydrogen) atoms. The number of ether oxygens (including phenoxy) is 5. The van der Waals surface area contributed by atoms with Gasteiger partial charge in [0.25, 0.3) is 0 Å². The molecule has 244 valence electrons. The van der Waals surface area contributed by atoms with Gasteiger partial charge in [-0.3, -0.25) is 14.4 Å². The van der Waals surface area contributed by atoms with Gasteiger partial charge in [0.05, 0.1) is 32.0 Å². The zero-order valence-electron chi connectivity index (χ0n) is 27.0. The quantitative estimate of drug-likeness (QED) is 0.193. The topological polar surface area (TPSA) is 148 Å². The highest BCUT2D eigenvalue weighted by Gasteiger charge is 2.87. The number of Topliss-reactive ketones (excluding diaryl/α,β-unsaturated/α-hetero) is 1. The lowest BCUT2D eigenvalue weighted by molar-refractivity contribution is -0.234. The van der Waals surface area contributed by atoms with Crippen molar-refractivity contribution in [2.24, 2.45) is 39.9 Å². The first-order chi connectivity index (χ1) is 21.1. The second-order valence-corrected chi connectivity index (χ2v) is 14.5. The molecule has 11 nitrogen and oxygen atoms in total. The fourth-order valence-electron chi connectivity index (χ4n) is 10.1. The molecule has 1 aromatic heterocycles. The number of carbonyl (C=O) groups is 5. The Bertz CT molecular complexity index is 1470. The highest BCUT2D eigenvalue weighted by Crippen LogP contribution is 2.77. The molecule has 2 saturated heterocycles. The van der Waals surface area contributed by atoms with E-state index >= 15 is 0 Å². The van der Waals surface area contributed by atoms with E-state index in [9.17, 15) is 24.0 Å². The second kappa shape index (κ2) is 10.3. The van der Waals surface area contributed by atoms with Gasteiger partial charge in [0, 0.05) is 52.1 Å². The van der Waals surface area contributed by atoms with Crippen LogP contribution in [0, 0.1) is 39.9 Å². The standard InChI is InChI=1S/C34H42O11/c1-9-16(2)29(38)44-27-22-25(37)33(7,24(31(27,4)5)23(30(39)40-8)42-17(3)35)19-10-12-32(6)20(34(19)28(22)45-34)14-21(36)43-26(32)18-11-13-41-15-18/h9,11,13,15,19-20,22-24,26-28H,10,12,14H2,1-8H3. The minimum Gasteiger partial charge on any atom is -0.472 e. The third kappa shape index (κ3) is 4.14. The summed E-state index contributed by atoms with van der Waals surface area (Å²) in [6.07, 6.45) is 2.24. The molecule has 0 N–H and O–H groups in total. The summed E-state index contributed by atoms with van der Waals surface area (Å²) in [6.45, 7) is 12.1. The number of methoxy groups -OCH3 is 1. The summed E-state index contributed by atoms with van der Waals surface area (Å²) < 4.78 is 35.1. The Morgan fingerprint density at radius 1 is 1.09 bits per heavy atom. The van der Waals surface area contributed by atoms with Crippen LogP contribution in [0.25, 0.3) is 0 Å². The summed E-state index contributed by atoms with van der Waals surface area (Å²) in [5.74, 6) is -5.33. The van der Waals surface area contributed by atoms with Crippen LogP contribution in [0.15, 0.2) is 34.7 Å². The van der Waals surface area contributed by atoms with Crippen molar-refractivity contribution in [3.8, 4) is 0 Å². The third-order valence-electron chi connectivity index (χ3n) is 12.0. The van der Waals surface area contributed by atoms with Crippen molar-refractivity contribution in [1.82, 2.24) is 0 Å². The number of fused-ring (bicyclic) bond motifs is 5. The van der Waals surface area contributed by atoms with Crippen molar-refractivity contribution in [3.05, 3.63) is 35.8 Å². The predicted octanol–water partition coefficient (Wildman–Crippen LogP) is 4.28. The van der Waals surface area contributed by atoms with E-state index in [1.165, 1.54) is 14.0 Å². The number of ketones is 1. The molecule has 2 bridgehead atoms. The molecule has 3 aliphatic carbocycles. The molecule has 6 rings (SSSR count). The van der Waals surface area contributed by atoms with Crippen LogP contribution in [0.4, 0.5) is 0 Å². The lowest BCUT2D eigenvalue weighted by atomic mass is 9.37. The van der Waals surface area contributed by atoms with Crippen molar-refractivity contribution in [2.45, 2.75) is 97.7 Å². The van der Waals surface area contributed by atoms with E-state index in [1.807, 2.05) is 20.8 Å². The molecule has 1 spiro atoms. The number of furan rings is 1. The van der Waals surface area contributed by atoms with Gasteiger partial charge in [-0.15, -0.1) is 0 Å². The number of esters is 4. The van der Waals surface area contributed by atoms with Crippen LogP contribution >= 0.6 is 0 Å². The maximum atomic E-state index is 14.9. The molecule has 5 aliphatic rings. The fraction of sp³-hybridized carbons (Fsp3) is 0.676. The average Bonchev–Trinajstić information content (AvgIpc) is 3.43. The molecular weight excluding hydrogens is 584 g/mol. The van der Waals surface area contributed by atoms with Gasteiger partial charge >= 0.3 is 23.9 Å². The Hall–Kier alpha value is -3.47. The van der Waals surface area contributed by atoms with E-state index in [4.69, 9.17) is 28.1 Å². The van der Waals surface area contributed by atoms with Gasteiger partial charge in [-0.1, -0.05) is 33.8 Å². The number of hydrogen-bond donors (Lipinski definition) is 0. The summed E-state index contributed by atoms with van der Waals surface area (Å²) in [7, 11) is 1.20. The van der Waals surface area contributed by atoms with E-state index in [-0.39, 0.29) is 24.1 Å². The Morgan fingerprint density at radius 3 is 2.40 bits per heavy atom. The predicted molar refractivity (Wildman–Crippen MR) is 155 cm³/mol. The number of hydrogen-bond acceptors (Lipinski definition) is 11. The lowest BCUT2D eigenvalue weighted by Gasteiger charge is -2.65. The van der Waals surface area contributed by atoms with Crippen LogP contribution < -0.4 is 0 Å². The van der Waals surface area contributed by atoms with Gasteiger partial charge < -0.3 is 28.1 Å². The Labute approximate surface area is 262 Å². The van der Waals surface area contributed by atoms with Gasteiger partial charge in [-0.25, -0.2) is 9.59 Å². The molecule has 3 heterocycles. The molecule has 3 saturated carbocycles. The molecule has 5 fully saturated rings. The van der Waals surface area contributed by atoms with Crippen LogP contribution in [0.1, 0.15) is 79.4 Å². The number of cyclic esters (lactones) is 1. The molecule has 0 aromatic carbocycles. The lowest BCUT2D eigenvalue weighted by Crippen LogP contribution is -2.74. The summed E-state index contributed by atoms with van der Waals surface area (Å²) in [4.78, 5) is 67.4. The summed E-state index contributed by atoms with van der Waals surface area (Å²) >= 11 is 0. The van der Waals surface area contributed by atoms with Crippen LogP contribution in [0.5, 0.6) is 0 Å². The molecule has 11 unspecified atom stereocenters. The summed E-state index contributed by atoms with van der Waals surface area (Å²) in [5.41, 5.74) is -2.75. The summed E-state index contributed by atoms with van der Waals surface area (Å²) in [5, 5.41) is 0. The molecule has 2 aliphatic heterocycles. The number of allylic oxidation sites excluding steroid dienone is 1. The van der Waals surface area contributed by atoms with E-state index in [0.29, 0.717) is 18.4 Å². The smallest absolute Gasteiger partial charge is 0.347 e. The van der Waals surface area contributed by atoms with Crippen LogP contribution in [0.3, 0.4) is 0 Å². The van der Waals surface area contributed by atoms with Crippen molar-refractivity contribution < 1.29 is 52.1 Å². The van der Waals surface area contributed by atoms with E-state index < -0.39 is 81.9 Å². The maximum absolute atomic E-state index is 14.9. The normalized spacial score (nSPS) is 41.8. The zero-order valence-corrected chi connectivity index (χ0v) is 27.0. The van der Waals surface area contributed by atoms with Gasteiger partial charge in [0.15, 0.2) is 0 Å². The van der Waals surface area contributed by atoms with Gasteiger partial charge in [-0.2, -0.15) is 0 Å². The van der Waals surface area contributed by atoms with Crippen LogP contribution in [-0.2, 0) is 47.7 Å². The van der Waals surface area contributed by atoms with Crippen molar-refractivity contribution >= 4 is 29.7 Å². The third-order valence-corrected chi connectivity index (χ3v) is 12.0. The van der Waals surface area contributed by atoms with Crippen molar-refractivity contribution in [1.29, 1.82) is 0 Å². The zero-order chi connectivity index (χ0) is 32.9. The first-order valence-electron chi connectivity index (χ1n) is 15.6. The van der Waals surface area contributed by atoms with E-state index in [1.54, 1.807) is 38.5 Å². The largest absolute Gasteiger partial charge is 0.472 e. The first kappa shape index (κ1) is 31.5. The highest BCUT2D eigenvalue weighted by molar-refractivity contribution is 5.95. The van der Waals surface area contributed by atoms with Crippen LogP contribution in [-0.4, -0.2) is 60.7 Å². The minimum absolute atomic E-state index is 0.0788. The van der Waals surface area contributed by atoms with Gasteiger partial charge in [0.1, 0.15) is 29.7 Å². The van der Waals surface area contributed by atoms with Crippen molar-refractivity contribution in [2.75, 3.05) is 7.11 Å².